The van der Waals surface area contributed by atoms with Crippen molar-refractivity contribution in [3.8, 4) is 0 Å². The number of carbonyl (C=O) groups excluding carboxylic acids is 1. The van der Waals surface area contributed by atoms with Gasteiger partial charge < -0.3 is 4.74 Å². The van der Waals surface area contributed by atoms with Crippen LogP contribution in [0.3, 0.4) is 0 Å². The van der Waals surface area contributed by atoms with Crippen molar-refractivity contribution in [3.05, 3.63) is 110 Å². The van der Waals surface area contributed by atoms with Crippen LogP contribution in [-0.2, 0) is 33.2 Å². The summed E-state index contributed by atoms with van der Waals surface area (Å²) in [5.74, 6) is 3.15. The summed E-state index contributed by atoms with van der Waals surface area (Å²) < 4.78 is 5.78. The predicted octanol–water partition coefficient (Wildman–Crippen LogP) is 10.5. The van der Waals surface area contributed by atoms with Crippen LogP contribution in [0.25, 0.3) is 92.6 Å². The highest BCUT2D eigenvalue weighted by Gasteiger charge is 2.79. The van der Waals surface area contributed by atoms with Crippen molar-refractivity contribution < 1.29 is 9.53 Å². The summed E-state index contributed by atoms with van der Waals surface area (Å²) in [6.45, 7) is 4.74. The molecule has 264 valence electrons. The summed E-state index contributed by atoms with van der Waals surface area (Å²) in [7, 11) is 0. The number of benzene rings is 7. The van der Waals surface area contributed by atoms with E-state index < -0.39 is 0 Å². The van der Waals surface area contributed by atoms with Gasteiger partial charge in [0.25, 0.3) is 0 Å². The summed E-state index contributed by atoms with van der Waals surface area (Å²) in [6.07, 6.45) is 11.6. The average Bonchev–Trinajstić information content (AvgIpc) is 3.88. The van der Waals surface area contributed by atoms with Crippen LogP contribution in [0.5, 0.6) is 0 Å². The quantitative estimate of drug-likeness (QED) is 0.121. The molecule has 0 bridgehead atoms. The highest BCUT2D eigenvalue weighted by Crippen LogP contribution is 2.84. The molecule has 2 nitrogen and oxygen atoms in total. The second-order valence-corrected chi connectivity index (χ2v) is 20.5. The zero-order valence-electron chi connectivity index (χ0n) is 31.5. The van der Waals surface area contributed by atoms with Crippen LogP contribution < -0.4 is 10.4 Å². The Hall–Kier alpha value is -5.21. The summed E-state index contributed by atoms with van der Waals surface area (Å²) >= 11 is 0. The van der Waals surface area contributed by atoms with E-state index in [0.717, 1.165) is 25.2 Å². The van der Waals surface area contributed by atoms with E-state index in [-0.39, 0.29) is 16.8 Å². The van der Waals surface area contributed by atoms with Crippen LogP contribution in [0.2, 0.25) is 0 Å². The highest BCUT2D eigenvalue weighted by molar-refractivity contribution is 6.54. The van der Waals surface area contributed by atoms with E-state index >= 15 is 0 Å². The molecule has 9 aromatic carbocycles. The van der Waals surface area contributed by atoms with Crippen LogP contribution >= 0.6 is 0 Å². The maximum absolute atomic E-state index is 13.2. The number of rotatable bonds is 7. The summed E-state index contributed by atoms with van der Waals surface area (Å²) in [5, 5.41) is 25.9. The Labute approximate surface area is 321 Å². The molecule has 0 heterocycles. The molecule has 2 heteroatoms. The van der Waals surface area contributed by atoms with Gasteiger partial charge in [0.05, 0.1) is 6.61 Å². The van der Waals surface area contributed by atoms with Gasteiger partial charge in [0, 0.05) is 35.0 Å². The molecule has 0 radical (unpaired) electrons. The maximum Gasteiger partial charge on any atom is 0.305 e. The molecule has 7 unspecified atom stereocenters. The van der Waals surface area contributed by atoms with Crippen LogP contribution in [0, 0.1) is 17.8 Å². The van der Waals surface area contributed by atoms with E-state index in [1.807, 2.05) is 5.57 Å². The SMILES string of the molecule is CC(C)COC(=O)CCCC1(c2ccccc2)C2c3cc4c5c6c7c8c9c%10c%11c%12c(cc%13cc%14c%15c(c%16c3c5c8c%16c%10c%15c%13%11)C21C=%14)CC1CC(C=C6C4)C7C=9C%121. The van der Waals surface area contributed by atoms with Gasteiger partial charge in [-0.3, -0.25) is 4.79 Å². The van der Waals surface area contributed by atoms with Crippen molar-refractivity contribution in [2.24, 2.45) is 17.8 Å². The van der Waals surface area contributed by atoms with Crippen LogP contribution in [0.4, 0.5) is 0 Å². The van der Waals surface area contributed by atoms with Crippen molar-refractivity contribution in [3.63, 3.8) is 0 Å². The molecule has 9 aliphatic carbocycles. The van der Waals surface area contributed by atoms with E-state index in [4.69, 9.17) is 4.74 Å². The Balaban J connectivity index is 1.07. The Morgan fingerprint density at radius 3 is 2.55 bits per heavy atom. The molecule has 1 spiro atoms. The van der Waals surface area contributed by atoms with Crippen molar-refractivity contribution in [1.29, 1.82) is 0 Å². The Morgan fingerprint density at radius 2 is 1.66 bits per heavy atom. The fourth-order valence-electron chi connectivity index (χ4n) is 17.3. The minimum Gasteiger partial charge on any atom is -0.465 e. The van der Waals surface area contributed by atoms with E-state index in [9.17, 15) is 4.79 Å². The van der Waals surface area contributed by atoms with Gasteiger partial charge >= 0.3 is 5.97 Å². The third-order valence-electron chi connectivity index (χ3n) is 18.2. The van der Waals surface area contributed by atoms with Gasteiger partial charge in [0.1, 0.15) is 0 Å². The topological polar surface area (TPSA) is 26.3 Å². The Bertz CT molecular complexity index is 3730. The van der Waals surface area contributed by atoms with Crippen molar-refractivity contribution in [2.75, 3.05) is 6.61 Å². The van der Waals surface area contributed by atoms with Crippen LogP contribution in [0.15, 0.2) is 54.6 Å². The molecule has 18 rings (SSSR count). The fourth-order valence-corrected chi connectivity index (χ4v) is 17.3. The molecule has 7 atom stereocenters. The largest absolute Gasteiger partial charge is 0.465 e. The molecular formula is C54H36O2. The second-order valence-electron chi connectivity index (χ2n) is 20.5. The normalized spacial score (nSPS) is 30.4. The third-order valence-corrected chi connectivity index (χ3v) is 18.2. The average molecular weight is 717 g/mol. The number of fused-ring (bicyclic) bond motifs is 1. The molecule has 2 fully saturated rings. The number of esters is 1. The third kappa shape index (κ3) is 2.24. The van der Waals surface area contributed by atoms with Gasteiger partial charge in [0.15, 0.2) is 0 Å². The summed E-state index contributed by atoms with van der Waals surface area (Å²) in [6, 6.07) is 19.7. The van der Waals surface area contributed by atoms with Crippen LogP contribution in [-0.4, -0.2) is 12.6 Å². The summed E-state index contributed by atoms with van der Waals surface area (Å²) in [5.41, 5.74) is 16.4. The molecular weight excluding hydrogens is 681 g/mol. The van der Waals surface area contributed by atoms with Gasteiger partial charge in [-0.25, -0.2) is 0 Å². The lowest BCUT2D eigenvalue weighted by molar-refractivity contribution is -0.144. The lowest BCUT2D eigenvalue weighted by Gasteiger charge is -2.42. The number of hydrogen-bond acceptors (Lipinski definition) is 2. The van der Waals surface area contributed by atoms with Gasteiger partial charge in [-0.05, 0) is 197 Å². The zero-order chi connectivity index (χ0) is 35.8. The maximum atomic E-state index is 13.2. The smallest absolute Gasteiger partial charge is 0.305 e. The minimum atomic E-state index is -0.143. The summed E-state index contributed by atoms with van der Waals surface area (Å²) in [4.78, 5) is 13.2. The van der Waals surface area contributed by atoms with Gasteiger partial charge in [0.2, 0.25) is 0 Å². The fraction of sp³-hybridized carbons (Fsp3) is 0.315. The van der Waals surface area contributed by atoms with E-state index in [1.54, 1.807) is 120 Å². The second kappa shape index (κ2) is 7.73. The van der Waals surface area contributed by atoms with Gasteiger partial charge in [-0.2, -0.15) is 0 Å². The zero-order valence-corrected chi connectivity index (χ0v) is 31.5. The molecule has 0 aliphatic heterocycles. The molecule has 9 aliphatic rings. The highest BCUT2D eigenvalue weighted by atomic mass is 16.5. The molecule has 2 saturated carbocycles. The van der Waals surface area contributed by atoms with Crippen LogP contribution in [0.1, 0.15) is 102 Å². The number of carbonyl (C=O) groups is 1. The first kappa shape index (κ1) is 27.4. The predicted molar refractivity (Wildman–Crippen MR) is 226 cm³/mol. The first-order chi connectivity index (χ1) is 27.5. The van der Waals surface area contributed by atoms with Gasteiger partial charge in [-0.1, -0.05) is 68.5 Å². The molecule has 9 aromatic rings. The minimum absolute atomic E-state index is 0.0424. The molecule has 0 aromatic heterocycles. The standard InChI is InChI=1S/C54H36O2/c1-20(2)19-56-30(55)9-6-10-53(28-7-4-3-5-8-28)52-29-17-26-15-23-13-24-12-21-11-22-14-25-16-27-18-54(52,53)51-37(27)42-36(25)41-32(22)31(21)39-35(24)40-33(23)34(26)43-38(29)50(51)49-47(42)45(41)44(39)46(40)48(43)49/h3-5,7-8,13-14,16-18,20-21,24,31,35,52H,6,9-12,15,19H2,1-2H3. The van der Waals surface area contributed by atoms with E-state index in [1.165, 1.54) is 29.0 Å². The van der Waals surface area contributed by atoms with E-state index in [2.05, 4.69) is 74.5 Å². The van der Waals surface area contributed by atoms with Crippen molar-refractivity contribution >= 4 is 98.6 Å². The van der Waals surface area contributed by atoms with Gasteiger partial charge in [-0.15, -0.1) is 0 Å². The molecule has 0 saturated heterocycles. The molecule has 0 N–H and O–H groups in total. The number of allylic oxidation sites excluding steroid dienone is 2. The monoisotopic (exact) mass is 716 g/mol. The lowest BCUT2D eigenvalue weighted by atomic mass is 9.61. The van der Waals surface area contributed by atoms with Crippen molar-refractivity contribution in [2.45, 2.75) is 81.0 Å². The Kier molecular flexibility index (Phi) is 3.78. The lowest BCUT2D eigenvalue weighted by Crippen LogP contribution is -2.31. The molecule has 0 amide bonds. The first-order valence-electron chi connectivity index (χ1n) is 21.8. The van der Waals surface area contributed by atoms with Crippen molar-refractivity contribution in [1.82, 2.24) is 0 Å². The number of hydrogen-bond donors (Lipinski definition) is 0. The van der Waals surface area contributed by atoms with E-state index in [0.29, 0.717) is 42.6 Å². The molecule has 56 heavy (non-hydrogen) atoms. The number of ether oxygens (including phenoxy) is 1. The Morgan fingerprint density at radius 1 is 0.821 bits per heavy atom. The first-order valence-corrected chi connectivity index (χ1v) is 21.8.